The quantitative estimate of drug-likeness (QED) is 0.259. The van der Waals surface area contributed by atoms with Gasteiger partial charge in [0.15, 0.2) is 0 Å². The summed E-state index contributed by atoms with van der Waals surface area (Å²) in [6.45, 7) is 0. The molecule has 6 aromatic carbocycles. The van der Waals surface area contributed by atoms with Crippen molar-refractivity contribution in [3.05, 3.63) is 108 Å². The van der Waals surface area contributed by atoms with Crippen LogP contribution in [0.2, 0.25) is 0 Å². The zero-order valence-corrected chi connectivity index (χ0v) is 20.1. The Balaban J connectivity index is 1.49. The molecule has 2 N–H and O–H groups in total. The van der Waals surface area contributed by atoms with Crippen LogP contribution >= 0.6 is 0 Å². The average molecular weight is 483 g/mol. The molecule has 0 aliphatic rings. The topological polar surface area (TPSA) is 79.2 Å². The van der Waals surface area contributed by atoms with Crippen LogP contribution in [0.5, 0.6) is 0 Å². The number of fused-ring (bicyclic) bond motifs is 4. The van der Waals surface area contributed by atoms with E-state index in [4.69, 9.17) is 0 Å². The molecule has 2 heterocycles. The Kier molecular flexibility index (Phi) is 4.04. The molecule has 0 aliphatic heterocycles. The molecule has 0 saturated heterocycles. The number of benzene rings is 6. The van der Waals surface area contributed by atoms with Gasteiger partial charge < -0.3 is 9.97 Å². The van der Waals surface area contributed by atoms with Crippen molar-refractivity contribution < 1.29 is 0 Å². The number of nitrogens with one attached hydrogen (secondary N) is 2. The first-order valence-corrected chi connectivity index (χ1v) is 12.5. The van der Waals surface area contributed by atoms with Crippen LogP contribution in [0.15, 0.2) is 97.1 Å². The lowest BCUT2D eigenvalue weighted by Crippen LogP contribution is -1.88. The average Bonchev–Trinajstić information content (AvgIpc) is 3.55. The van der Waals surface area contributed by atoms with Gasteiger partial charge in [-0.15, -0.1) is 0 Å². The SMILES string of the molecule is N#Cc1cc(-c2ccccc2)cc2cc3[nH]c4c5c(C#N)cc(-c6ccccc6)cc5cc5[nH]c(c12)c3c54. The van der Waals surface area contributed by atoms with E-state index in [2.05, 4.69) is 70.6 Å². The first-order valence-electron chi connectivity index (χ1n) is 12.5. The van der Waals surface area contributed by atoms with Gasteiger partial charge >= 0.3 is 0 Å². The largest absolute Gasteiger partial charge is 0.354 e. The second kappa shape index (κ2) is 7.46. The number of hydrogen-bond donors (Lipinski definition) is 2. The first-order chi connectivity index (χ1) is 18.7. The third-order valence-electron chi connectivity index (χ3n) is 7.70. The van der Waals surface area contributed by atoms with Gasteiger partial charge in [-0.25, -0.2) is 0 Å². The zero-order valence-electron chi connectivity index (χ0n) is 20.1. The molecule has 8 rings (SSSR count). The summed E-state index contributed by atoms with van der Waals surface area (Å²) in [5, 5.41) is 26.3. The lowest BCUT2D eigenvalue weighted by Gasteiger charge is -2.09. The maximum atomic E-state index is 10.2. The highest BCUT2D eigenvalue weighted by Gasteiger charge is 2.22. The van der Waals surface area contributed by atoms with Gasteiger partial charge in [0.1, 0.15) is 0 Å². The van der Waals surface area contributed by atoms with Crippen LogP contribution in [0.1, 0.15) is 11.1 Å². The van der Waals surface area contributed by atoms with Crippen LogP contribution in [0.3, 0.4) is 0 Å². The summed E-state index contributed by atoms with van der Waals surface area (Å²) in [6, 6.07) is 37.7. The molecule has 0 spiro atoms. The highest BCUT2D eigenvalue weighted by molar-refractivity contribution is 6.34. The Bertz CT molecular complexity index is 2120. The smallest absolute Gasteiger partial charge is 0.0999 e. The number of aromatic amines is 2. The van der Waals surface area contributed by atoms with Crippen molar-refractivity contribution in [2.45, 2.75) is 0 Å². The molecule has 0 radical (unpaired) electrons. The minimum Gasteiger partial charge on any atom is -0.354 e. The van der Waals surface area contributed by atoms with Crippen molar-refractivity contribution in [2.75, 3.05) is 0 Å². The summed E-state index contributed by atoms with van der Waals surface area (Å²) in [5.41, 5.74) is 9.34. The van der Waals surface area contributed by atoms with Crippen molar-refractivity contribution >= 4 is 54.4 Å². The minimum atomic E-state index is 0.640. The molecule has 0 saturated carbocycles. The minimum absolute atomic E-state index is 0.640. The van der Waals surface area contributed by atoms with Crippen molar-refractivity contribution in [3.63, 3.8) is 0 Å². The van der Waals surface area contributed by atoms with Crippen LogP contribution in [0.25, 0.3) is 76.6 Å². The first kappa shape index (κ1) is 20.6. The van der Waals surface area contributed by atoms with E-state index in [-0.39, 0.29) is 0 Å². The van der Waals surface area contributed by atoms with E-state index in [0.29, 0.717) is 11.1 Å². The van der Waals surface area contributed by atoms with Gasteiger partial charge in [-0.3, -0.25) is 0 Å². The lowest BCUT2D eigenvalue weighted by molar-refractivity contribution is 1.48. The van der Waals surface area contributed by atoms with Crippen LogP contribution in [0, 0.1) is 22.7 Å². The lowest BCUT2D eigenvalue weighted by atomic mass is 9.94. The van der Waals surface area contributed by atoms with E-state index >= 15 is 0 Å². The molecular formula is C34H18N4. The van der Waals surface area contributed by atoms with E-state index in [9.17, 15) is 10.5 Å². The maximum Gasteiger partial charge on any atom is 0.0999 e. The molecule has 174 valence electrons. The molecule has 4 heteroatoms. The molecular weight excluding hydrogens is 464 g/mol. The molecule has 0 amide bonds. The number of H-pyrrole nitrogens is 2. The van der Waals surface area contributed by atoms with Gasteiger partial charge in [0.2, 0.25) is 0 Å². The zero-order chi connectivity index (χ0) is 25.4. The summed E-state index contributed by atoms with van der Waals surface area (Å²) in [6.07, 6.45) is 0. The Morgan fingerprint density at radius 1 is 0.447 bits per heavy atom. The van der Waals surface area contributed by atoms with E-state index in [1.807, 2.05) is 48.5 Å². The van der Waals surface area contributed by atoms with Gasteiger partial charge in [0, 0.05) is 32.6 Å². The van der Waals surface area contributed by atoms with E-state index in [1.54, 1.807) is 0 Å². The molecule has 38 heavy (non-hydrogen) atoms. The van der Waals surface area contributed by atoms with Crippen molar-refractivity contribution in [1.82, 2.24) is 9.97 Å². The van der Waals surface area contributed by atoms with Crippen LogP contribution in [-0.2, 0) is 0 Å². The molecule has 2 aromatic heterocycles. The predicted octanol–water partition coefficient (Wildman–Crippen LogP) is 8.62. The van der Waals surface area contributed by atoms with Gasteiger partial charge in [0.25, 0.3) is 0 Å². The monoisotopic (exact) mass is 482 g/mol. The second-order valence-corrected chi connectivity index (χ2v) is 9.80. The summed E-state index contributed by atoms with van der Waals surface area (Å²) < 4.78 is 0. The van der Waals surface area contributed by atoms with Gasteiger partial charge in [-0.05, 0) is 69.4 Å². The van der Waals surface area contributed by atoms with E-state index in [0.717, 1.165) is 76.6 Å². The summed E-state index contributed by atoms with van der Waals surface area (Å²) in [5.74, 6) is 0. The van der Waals surface area contributed by atoms with Crippen LogP contribution in [-0.4, -0.2) is 9.97 Å². The second-order valence-electron chi connectivity index (χ2n) is 9.80. The van der Waals surface area contributed by atoms with Crippen LogP contribution < -0.4 is 0 Å². The molecule has 0 fully saturated rings. The fraction of sp³-hybridized carbons (Fsp3) is 0. The maximum absolute atomic E-state index is 10.2. The van der Waals surface area contributed by atoms with Crippen molar-refractivity contribution in [2.24, 2.45) is 0 Å². The third kappa shape index (κ3) is 2.72. The van der Waals surface area contributed by atoms with Crippen LogP contribution in [0.4, 0.5) is 0 Å². The Morgan fingerprint density at radius 3 is 1.26 bits per heavy atom. The summed E-state index contributed by atoms with van der Waals surface area (Å²) >= 11 is 0. The molecule has 4 nitrogen and oxygen atoms in total. The standard InChI is InChI=1S/C34H18N4/c35-17-25-13-21(19-7-3-1-4-8-19)11-23-15-27-31-32-28(38-33(31)29(23)25)16-24-12-22(20-9-5-2-6-10-20)14-26(18-36)30(24)34(32)37-27/h1-16,37-38H. The van der Waals surface area contributed by atoms with Crippen molar-refractivity contribution in [3.8, 4) is 34.4 Å². The normalized spacial score (nSPS) is 11.6. The third-order valence-corrected chi connectivity index (χ3v) is 7.70. The van der Waals surface area contributed by atoms with E-state index in [1.165, 1.54) is 0 Å². The number of nitrogens with zero attached hydrogens (tertiary/aromatic N) is 2. The molecule has 0 atom stereocenters. The Hall–Kier alpha value is -5.58. The van der Waals surface area contributed by atoms with E-state index < -0.39 is 0 Å². The van der Waals surface area contributed by atoms with Gasteiger partial charge in [0.05, 0.1) is 34.3 Å². The number of hydrogen-bond acceptors (Lipinski definition) is 2. The van der Waals surface area contributed by atoms with Gasteiger partial charge in [-0.1, -0.05) is 60.7 Å². The van der Waals surface area contributed by atoms with Gasteiger partial charge in [-0.2, -0.15) is 10.5 Å². The Morgan fingerprint density at radius 2 is 0.868 bits per heavy atom. The summed E-state index contributed by atoms with van der Waals surface area (Å²) in [4.78, 5) is 7.30. The highest BCUT2D eigenvalue weighted by Crippen LogP contribution is 2.44. The fourth-order valence-electron chi connectivity index (χ4n) is 6.10. The number of aromatic nitrogens is 2. The molecule has 0 bridgehead atoms. The number of nitriles is 2. The predicted molar refractivity (Wildman–Crippen MR) is 154 cm³/mol. The fourth-order valence-corrected chi connectivity index (χ4v) is 6.10. The highest BCUT2D eigenvalue weighted by atomic mass is 14.8. The Labute approximate surface area is 217 Å². The number of rotatable bonds is 2. The molecule has 8 aromatic rings. The summed E-state index contributed by atoms with van der Waals surface area (Å²) in [7, 11) is 0. The molecule has 0 aliphatic carbocycles. The molecule has 0 unspecified atom stereocenters. The van der Waals surface area contributed by atoms with Crippen molar-refractivity contribution in [1.29, 1.82) is 10.5 Å².